The average molecular weight is 673 g/mol. The van der Waals surface area contributed by atoms with Crippen molar-refractivity contribution in [2.45, 2.75) is 71.3 Å². The van der Waals surface area contributed by atoms with Crippen molar-refractivity contribution in [2.75, 3.05) is 19.6 Å². The molecule has 5 unspecified atom stereocenters. The first-order chi connectivity index (χ1) is 15.3. The lowest BCUT2D eigenvalue weighted by Gasteiger charge is -2.35. The van der Waals surface area contributed by atoms with E-state index in [1.54, 1.807) is 0 Å². The minimum absolute atomic E-state index is 0.0923. The molecule has 0 aromatic carbocycles. The summed E-state index contributed by atoms with van der Waals surface area (Å²) in [6, 6.07) is -0.207. The number of halogens is 2. The predicted octanol–water partition coefficient (Wildman–Crippen LogP) is 1.58. The Bertz CT molecular complexity index is 712. The summed E-state index contributed by atoms with van der Waals surface area (Å²) in [5.41, 5.74) is 0. The first-order valence-corrected chi connectivity index (χ1v) is 13.9. The van der Waals surface area contributed by atoms with E-state index < -0.39 is 12.0 Å². The second-order valence-corrected chi connectivity index (χ2v) is 12.5. The Labute approximate surface area is 216 Å². The van der Waals surface area contributed by atoms with Crippen LogP contribution in [-0.2, 0) is 14.4 Å². The third-order valence-electron chi connectivity index (χ3n) is 6.42. The molecule has 11 heteroatoms. The van der Waals surface area contributed by atoms with Gasteiger partial charge in [0.05, 0.1) is 19.5 Å². The smallest absolute Gasteiger partial charge is 0.305 e. The third kappa shape index (κ3) is 8.17. The fourth-order valence-corrected chi connectivity index (χ4v) is 8.40. The van der Waals surface area contributed by atoms with Gasteiger partial charge >= 0.3 is 5.97 Å². The summed E-state index contributed by atoms with van der Waals surface area (Å²) in [5.74, 6) is -0.531. The van der Waals surface area contributed by atoms with E-state index >= 15 is 0 Å². The Hall–Kier alpha value is -0.860. The summed E-state index contributed by atoms with van der Waals surface area (Å²) in [6.45, 7) is 1.50. The van der Waals surface area contributed by atoms with Gasteiger partial charge in [0.25, 0.3) is 0 Å². The Balaban J connectivity index is 1.46. The normalized spacial score (nSPS) is 31.1. The van der Waals surface area contributed by atoms with Gasteiger partial charge in [0.15, 0.2) is 5.96 Å². The summed E-state index contributed by atoms with van der Waals surface area (Å²) in [7, 11) is 0. The highest BCUT2D eigenvalue weighted by Crippen LogP contribution is 2.36. The van der Waals surface area contributed by atoms with Gasteiger partial charge in [-0.1, -0.05) is 51.6 Å². The number of carboxylic acid groups (broad SMARTS) is 1. The van der Waals surface area contributed by atoms with Crippen molar-refractivity contribution in [3.05, 3.63) is 0 Å². The number of nitrogens with one attached hydrogen (secondary N) is 4. The second kappa shape index (κ2) is 12.6. The number of guanidine groups is 1. The van der Waals surface area contributed by atoms with Crippen LogP contribution in [0.2, 0.25) is 0 Å². The molecule has 5 N–H and O–H groups in total. The summed E-state index contributed by atoms with van der Waals surface area (Å²) >= 11 is 4.83. The number of hydrogen-bond donors (Lipinski definition) is 5. The van der Waals surface area contributed by atoms with Crippen LogP contribution in [0.3, 0.4) is 0 Å². The van der Waals surface area contributed by atoms with Gasteiger partial charge in [-0.25, -0.2) is 0 Å². The molecule has 3 aliphatic rings. The summed E-state index contributed by atoms with van der Waals surface area (Å²) < 4.78 is 0.971. The van der Waals surface area contributed by atoms with Gasteiger partial charge < -0.3 is 26.4 Å². The zero-order valence-corrected chi connectivity index (χ0v) is 22.4. The molecular weight excluding hydrogens is 640 g/mol. The molecule has 3 rings (SSSR count). The van der Waals surface area contributed by atoms with Gasteiger partial charge in [-0.3, -0.25) is 19.4 Å². The van der Waals surface area contributed by atoms with E-state index in [1.165, 1.54) is 0 Å². The molecule has 2 fully saturated rings. The van der Waals surface area contributed by atoms with E-state index in [2.05, 4.69) is 71.4 Å². The van der Waals surface area contributed by atoms with Crippen LogP contribution in [0.1, 0.15) is 51.4 Å². The van der Waals surface area contributed by atoms with Gasteiger partial charge in [-0.15, -0.1) is 0 Å². The molecule has 0 radical (unpaired) electrons. The fourth-order valence-electron chi connectivity index (χ4n) is 4.89. The average Bonchev–Trinajstić information content (AvgIpc) is 3.23. The summed E-state index contributed by atoms with van der Waals surface area (Å²) in [4.78, 5) is 41.0. The lowest BCUT2D eigenvalue weighted by molar-refractivity contribution is -0.138. The maximum atomic E-state index is 12.7. The van der Waals surface area contributed by atoms with E-state index in [4.69, 9.17) is 0 Å². The van der Waals surface area contributed by atoms with Crippen molar-refractivity contribution >= 4 is 68.9 Å². The summed E-state index contributed by atoms with van der Waals surface area (Å²) in [6.07, 6.45) is 6.30. The number of aliphatic carboxylic acids is 1. The van der Waals surface area contributed by atoms with E-state index in [0.717, 1.165) is 57.6 Å². The van der Waals surface area contributed by atoms with Crippen LogP contribution in [0.15, 0.2) is 4.99 Å². The van der Waals surface area contributed by atoms with Crippen LogP contribution in [0.25, 0.3) is 0 Å². The molecule has 0 bridgehead atoms. The first-order valence-electron chi connectivity index (χ1n) is 11.4. The largest absolute Gasteiger partial charge is 0.481 e. The number of aliphatic imine (C=N–C) groups is 1. The van der Waals surface area contributed by atoms with Crippen molar-refractivity contribution in [1.82, 2.24) is 21.3 Å². The number of hydrogen-bond acceptors (Lipinski definition) is 6. The van der Waals surface area contributed by atoms with Crippen molar-refractivity contribution in [3.8, 4) is 0 Å². The number of carbonyl (C=O) groups is 3. The molecular formula is C21H33I2N5O4. The highest BCUT2D eigenvalue weighted by atomic mass is 127. The molecule has 180 valence electrons. The minimum atomic E-state index is -0.915. The molecule has 32 heavy (non-hydrogen) atoms. The number of alkyl halides is 2. The van der Waals surface area contributed by atoms with Crippen LogP contribution < -0.4 is 21.3 Å². The monoisotopic (exact) mass is 673 g/mol. The van der Waals surface area contributed by atoms with Crippen molar-refractivity contribution in [3.63, 3.8) is 0 Å². The minimum Gasteiger partial charge on any atom is -0.481 e. The molecule has 9 nitrogen and oxygen atoms in total. The van der Waals surface area contributed by atoms with Crippen LogP contribution in [0.5, 0.6) is 0 Å². The van der Waals surface area contributed by atoms with Gasteiger partial charge in [0.1, 0.15) is 0 Å². The Morgan fingerprint density at radius 1 is 1.12 bits per heavy atom. The van der Waals surface area contributed by atoms with Crippen molar-refractivity contribution in [2.24, 2.45) is 16.8 Å². The number of carboxylic acids is 1. The van der Waals surface area contributed by atoms with Crippen LogP contribution in [0.4, 0.5) is 0 Å². The van der Waals surface area contributed by atoms with Gasteiger partial charge in [0, 0.05) is 32.4 Å². The molecule has 0 saturated heterocycles. The zero-order chi connectivity index (χ0) is 23.1. The molecule has 0 aromatic rings. The Morgan fingerprint density at radius 3 is 2.53 bits per heavy atom. The lowest BCUT2D eigenvalue weighted by atomic mass is 9.82. The molecule has 5 atom stereocenters. The molecule has 0 aromatic heterocycles. The molecule has 1 heterocycles. The van der Waals surface area contributed by atoms with E-state index in [1.807, 2.05) is 0 Å². The van der Waals surface area contributed by atoms with Crippen LogP contribution in [-0.4, -0.2) is 68.4 Å². The molecule has 1 aliphatic heterocycles. The van der Waals surface area contributed by atoms with Crippen molar-refractivity contribution in [1.29, 1.82) is 0 Å². The standard InChI is InChI=1S/C21H33I2N5O4/c22-14-6-13(7-15(23)9-14)17(10-19(30)31)28-18(29)11-26-20(32)12-2-1-3-16(8-12)27-21-24-4-5-25-21/h12-17H,1-11H2,(H,26,32)(H,28,29)(H,30,31)(H2,24,25,27). The number of amides is 2. The maximum absolute atomic E-state index is 12.7. The number of rotatable bonds is 8. The predicted molar refractivity (Wildman–Crippen MR) is 139 cm³/mol. The van der Waals surface area contributed by atoms with E-state index in [-0.39, 0.29) is 42.7 Å². The maximum Gasteiger partial charge on any atom is 0.305 e. The molecule has 2 saturated carbocycles. The topological polar surface area (TPSA) is 132 Å². The Morgan fingerprint density at radius 2 is 1.88 bits per heavy atom. The first kappa shape index (κ1) is 25.8. The van der Waals surface area contributed by atoms with Gasteiger partial charge in [-0.05, 0) is 44.4 Å². The molecule has 2 amide bonds. The fraction of sp³-hybridized carbons (Fsp3) is 0.810. The second-order valence-electron chi connectivity index (χ2n) is 9.01. The molecule has 2 aliphatic carbocycles. The molecule has 0 spiro atoms. The lowest BCUT2D eigenvalue weighted by Crippen LogP contribution is -2.49. The van der Waals surface area contributed by atoms with Crippen LogP contribution in [0, 0.1) is 11.8 Å². The summed E-state index contributed by atoms with van der Waals surface area (Å²) in [5, 5.41) is 21.6. The quantitative estimate of drug-likeness (QED) is 0.197. The number of nitrogens with zero attached hydrogens (tertiary/aromatic N) is 1. The van der Waals surface area contributed by atoms with Crippen molar-refractivity contribution < 1.29 is 19.5 Å². The van der Waals surface area contributed by atoms with Gasteiger partial charge in [0.2, 0.25) is 11.8 Å². The van der Waals surface area contributed by atoms with E-state index in [9.17, 15) is 19.5 Å². The Kier molecular flexibility index (Phi) is 10.1. The highest BCUT2D eigenvalue weighted by molar-refractivity contribution is 14.1. The third-order valence-corrected chi connectivity index (χ3v) is 8.46. The van der Waals surface area contributed by atoms with E-state index in [0.29, 0.717) is 14.3 Å². The van der Waals surface area contributed by atoms with Gasteiger partial charge in [-0.2, -0.15) is 0 Å². The zero-order valence-electron chi connectivity index (χ0n) is 18.1. The number of carbonyl (C=O) groups excluding carboxylic acids is 2. The SMILES string of the molecule is O=C(O)CC(NC(=O)CNC(=O)C1CCCC(NC2=NCCN2)C1)C1CC(I)CC(I)C1. The van der Waals surface area contributed by atoms with Crippen LogP contribution >= 0.6 is 45.2 Å². The highest BCUT2D eigenvalue weighted by Gasteiger charge is 2.34.